The molecule has 0 aliphatic carbocycles. The third-order valence-electron chi connectivity index (χ3n) is 6.16. The van der Waals surface area contributed by atoms with Gasteiger partial charge in [-0.15, -0.1) is 0 Å². The van der Waals surface area contributed by atoms with Crippen molar-refractivity contribution >= 4 is 21.8 Å². The smallest absolute Gasteiger partial charge is 0.410 e. The molecule has 33 heavy (non-hydrogen) atoms. The summed E-state index contributed by atoms with van der Waals surface area (Å²) >= 11 is 0. The van der Waals surface area contributed by atoms with Crippen LogP contribution in [-0.4, -0.2) is 92.0 Å². The quantitative estimate of drug-likeness (QED) is 0.645. The fraction of sp³-hybridized carbons (Fsp3) is 0.667. The summed E-state index contributed by atoms with van der Waals surface area (Å²) in [5, 5.41) is 0. The third kappa shape index (κ3) is 7.17. The van der Waals surface area contributed by atoms with Crippen LogP contribution in [0.2, 0.25) is 0 Å². The number of amides is 2. The van der Waals surface area contributed by atoms with E-state index in [-0.39, 0.29) is 29.4 Å². The molecule has 2 aliphatic heterocycles. The molecule has 1 aromatic carbocycles. The Bertz CT molecular complexity index is 915. The number of carbonyl (C=O) groups excluding carboxylic acids is 2. The first-order valence-electron chi connectivity index (χ1n) is 11.7. The van der Waals surface area contributed by atoms with Gasteiger partial charge in [-0.05, 0) is 45.1 Å². The van der Waals surface area contributed by atoms with Gasteiger partial charge in [0.25, 0.3) is 0 Å². The Balaban J connectivity index is 1.70. The third-order valence-corrected chi connectivity index (χ3v) is 7.77. The molecule has 2 aliphatic rings. The van der Waals surface area contributed by atoms with Crippen molar-refractivity contribution in [3.05, 3.63) is 35.9 Å². The molecule has 3 rings (SSSR count). The molecule has 0 aromatic heterocycles. The van der Waals surface area contributed by atoms with Crippen LogP contribution in [0.4, 0.5) is 4.79 Å². The Morgan fingerprint density at radius 2 is 1.76 bits per heavy atom. The van der Waals surface area contributed by atoms with Crippen molar-refractivity contribution in [2.75, 3.05) is 51.3 Å². The van der Waals surface area contributed by atoms with Gasteiger partial charge in [0, 0.05) is 39.8 Å². The molecular weight excluding hydrogens is 442 g/mol. The first-order valence-corrected chi connectivity index (χ1v) is 13.5. The zero-order valence-electron chi connectivity index (χ0n) is 20.2. The lowest BCUT2D eigenvalue weighted by Crippen LogP contribution is -2.51. The number of carbonyl (C=O) groups is 2. The van der Waals surface area contributed by atoms with Crippen molar-refractivity contribution in [2.24, 2.45) is 5.92 Å². The summed E-state index contributed by atoms with van der Waals surface area (Å²) in [6.07, 6.45) is 1.45. The molecule has 2 amide bonds. The zero-order valence-corrected chi connectivity index (χ0v) is 21.0. The van der Waals surface area contributed by atoms with E-state index in [9.17, 15) is 18.0 Å². The van der Waals surface area contributed by atoms with Crippen molar-refractivity contribution in [1.82, 2.24) is 14.7 Å². The van der Waals surface area contributed by atoms with Gasteiger partial charge in [-0.25, -0.2) is 13.2 Å². The van der Waals surface area contributed by atoms with Crippen molar-refractivity contribution in [3.8, 4) is 0 Å². The van der Waals surface area contributed by atoms with Gasteiger partial charge in [-0.1, -0.05) is 30.3 Å². The lowest BCUT2D eigenvalue weighted by Gasteiger charge is -2.40. The normalized spacial score (nSPS) is 22.4. The van der Waals surface area contributed by atoms with Crippen LogP contribution >= 0.6 is 0 Å². The Kier molecular flexibility index (Phi) is 8.05. The molecular formula is C24H37N3O5S. The highest BCUT2D eigenvalue weighted by molar-refractivity contribution is 7.91. The molecule has 2 fully saturated rings. The van der Waals surface area contributed by atoms with Gasteiger partial charge in [0.05, 0.1) is 11.5 Å². The molecule has 0 N–H and O–H groups in total. The van der Waals surface area contributed by atoms with Gasteiger partial charge in [-0.3, -0.25) is 9.69 Å². The summed E-state index contributed by atoms with van der Waals surface area (Å²) in [5.74, 6) is 0.323. The molecule has 2 unspecified atom stereocenters. The maximum Gasteiger partial charge on any atom is 0.410 e. The number of piperidine rings is 1. The van der Waals surface area contributed by atoms with E-state index in [1.807, 2.05) is 60.9 Å². The monoisotopic (exact) mass is 479 g/mol. The summed E-state index contributed by atoms with van der Waals surface area (Å²) < 4.78 is 29.4. The second kappa shape index (κ2) is 10.4. The lowest BCUT2D eigenvalue weighted by molar-refractivity contribution is -0.139. The topological polar surface area (TPSA) is 87.2 Å². The van der Waals surface area contributed by atoms with Gasteiger partial charge >= 0.3 is 6.09 Å². The van der Waals surface area contributed by atoms with Crippen LogP contribution in [-0.2, 0) is 19.4 Å². The van der Waals surface area contributed by atoms with Crippen LogP contribution in [0.5, 0.6) is 0 Å². The number of sulfone groups is 1. The van der Waals surface area contributed by atoms with E-state index in [1.165, 1.54) is 0 Å². The first-order chi connectivity index (χ1) is 15.5. The van der Waals surface area contributed by atoms with E-state index >= 15 is 0 Å². The maximum absolute atomic E-state index is 13.7. The van der Waals surface area contributed by atoms with Gasteiger partial charge in [0.15, 0.2) is 9.84 Å². The molecule has 0 saturated carbocycles. The fourth-order valence-electron chi connectivity index (χ4n) is 4.52. The number of likely N-dealkylation sites (tertiary alicyclic amines) is 1. The van der Waals surface area contributed by atoms with Gasteiger partial charge in [0.1, 0.15) is 11.6 Å². The molecule has 8 nitrogen and oxygen atoms in total. The standard InChI is InChI=1S/C24H37N3O5S/c1-24(2,3)32-23(29)25(4)17-19-9-8-12-27(18-19)22(28)21(20-10-6-5-7-11-20)26-13-15-33(30,31)16-14-26/h5-7,10-11,19,21H,8-9,12-18H2,1-4H3. The number of rotatable bonds is 5. The molecule has 0 bridgehead atoms. The minimum atomic E-state index is -3.04. The van der Waals surface area contributed by atoms with Crippen LogP contribution in [0.3, 0.4) is 0 Å². The van der Waals surface area contributed by atoms with Crippen molar-refractivity contribution in [3.63, 3.8) is 0 Å². The van der Waals surface area contributed by atoms with E-state index < -0.39 is 21.5 Å². The van der Waals surface area contributed by atoms with Crippen LogP contribution in [0.25, 0.3) is 0 Å². The summed E-state index contributed by atoms with van der Waals surface area (Å²) in [6, 6.07) is 9.10. The van der Waals surface area contributed by atoms with Crippen molar-refractivity contribution in [2.45, 2.75) is 45.3 Å². The van der Waals surface area contributed by atoms with Crippen molar-refractivity contribution < 1.29 is 22.7 Å². The molecule has 0 radical (unpaired) electrons. The van der Waals surface area contributed by atoms with Gasteiger partial charge in [0.2, 0.25) is 5.91 Å². The highest BCUT2D eigenvalue weighted by atomic mass is 32.2. The van der Waals surface area contributed by atoms with Crippen LogP contribution in [0.15, 0.2) is 30.3 Å². The second-order valence-electron chi connectivity index (χ2n) is 10.2. The average molecular weight is 480 g/mol. The largest absolute Gasteiger partial charge is 0.444 e. The Hall–Kier alpha value is -2.13. The fourth-order valence-corrected chi connectivity index (χ4v) is 5.75. The molecule has 2 atom stereocenters. The van der Waals surface area contributed by atoms with Crippen LogP contribution < -0.4 is 0 Å². The van der Waals surface area contributed by atoms with E-state index in [2.05, 4.69) is 0 Å². The van der Waals surface area contributed by atoms with E-state index in [1.54, 1.807) is 11.9 Å². The summed E-state index contributed by atoms with van der Waals surface area (Å²) in [6.45, 7) is 8.00. The van der Waals surface area contributed by atoms with E-state index in [0.717, 1.165) is 18.4 Å². The Labute approximate surface area is 197 Å². The highest BCUT2D eigenvalue weighted by Crippen LogP contribution is 2.28. The summed E-state index contributed by atoms with van der Waals surface area (Å²) in [4.78, 5) is 31.6. The minimum Gasteiger partial charge on any atom is -0.444 e. The van der Waals surface area contributed by atoms with E-state index in [4.69, 9.17) is 4.74 Å². The molecule has 1 aromatic rings. The molecule has 9 heteroatoms. The second-order valence-corrected chi connectivity index (χ2v) is 12.5. The predicted octanol–water partition coefficient (Wildman–Crippen LogP) is 2.56. The number of hydrogen-bond acceptors (Lipinski definition) is 6. The van der Waals surface area contributed by atoms with Crippen LogP contribution in [0.1, 0.15) is 45.2 Å². The summed E-state index contributed by atoms with van der Waals surface area (Å²) in [5.41, 5.74) is 0.333. The van der Waals surface area contributed by atoms with Gasteiger partial charge < -0.3 is 14.5 Å². The average Bonchev–Trinajstić information content (AvgIpc) is 2.74. The lowest BCUT2D eigenvalue weighted by atomic mass is 9.95. The number of ether oxygens (including phenoxy) is 1. The Morgan fingerprint density at radius 3 is 2.36 bits per heavy atom. The first kappa shape index (κ1) is 25.5. The Morgan fingerprint density at radius 1 is 1.12 bits per heavy atom. The van der Waals surface area contributed by atoms with E-state index in [0.29, 0.717) is 32.7 Å². The minimum absolute atomic E-state index is 0.00474. The predicted molar refractivity (Wildman–Crippen MR) is 128 cm³/mol. The number of benzene rings is 1. The highest BCUT2D eigenvalue weighted by Gasteiger charge is 2.36. The molecule has 2 saturated heterocycles. The molecule has 184 valence electrons. The maximum atomic E-state index is 13.7. The van der Waals surface area contributed by atoms with Crippen molar-refractivity contribution in [1.29, 1.82) is 0 Å². The van der Waals surface area contributed by atoms with Crippen LogP contribution in [0, 0.1) is 5.92 Å². The number of hydrogen-bond donors (Lipinski definition) is 0. The zero-order chi connectivity index (χ0) is 24.2. The SMILES string of the molecule is CN(CC1CCCN(C(=O)C(c2ccccc2)N2CCS(=O)(=O)CC2)C1)C(=O)OC(C)(C)C. The number of nitrogens with zero attached hydrogens (tertiary/aromatic N) is 3. The van der Waals surface area contributed by atoms with Gasteiger partial charge in [-0.2, -0.15) is 0 Å². The summed E-state index contributed by atoms with van der Waals surface area (Å²) in [7, 11) is -1.31. The molecule has 0 spiro atoms. The molecule has 2 heterocycles.